The number of benzene rings is 2. The number of tetrazole rings is 1. The van der Waals surface area contributed by atoms with Crippen molar-refractivity contribution in [3.8, 4) is 22.8 Å². The van der Waals surface area contributed by atoms with Crippen LogP contribution in [0.25, 0.3) is 22.8 Å². The first-order valence-electron chi connectivity index (χ1n) is 9.71. The van der Waals surface area contributed by atoms with Crippen molar-refractivity contribution in [1.29, 1.82) is 0 Å². The number of hydrogen-bond donors (Lipinski definition) is 2. The number of aromatic amines is 1. The van der Waals surface area contributed by atoms with Gasteiger partial charge in [-0.3, -0.25) is 4.79 Å². The zero-order valence-corrected chi connectivity index (χ0v) is 17.8. The molecule has 0 saturated carbocycles. The topological polar surface area (TPSA) is 119 Å². The Morgan fingerprint density at radius 1 is 1.15 bits per heavy atom. The second kappa shape index (κ2) is 8.28. The van der Waals surface area contributed by atoms with Gasteiger partial charge in [-0.1, -0.05) is 11.6 Å². The van der Waals surface area contributed by atoms with Gasteiger partial charge in [0, 0.05) is 17.3 Å². The summed E-state index contributed by atoms with van der Waals surface area (Å²) in [6, 6.07) is 12.7. The number of amides is 1. The van der Waals surface area contributed by atoms with Crippen molar-refractivity contribution in [3.63, 3.8) is 0 Å². The Labute approximate surface area is 191 Å². The number of carbonyl (C=O) groups is 1. The Hall–Kier alpha value is -4.38. The highest BCUT2D eigenvalue weighted by Gasteiger charge is 2.18. The van der Waals surface area contributed by atoms with E-state index in [0.29, 0.717) is 44.9 Å². The number of nitrogens with one attached hydrogen (secondary N) is 2. The minimum absolute atomic E-state index is 0.336. The van der Waals surface area contributed by atoms with E-state index in [4.69, 9.17) is 11.6 Å². The van der Waals surface area contributed by atoms with Crippen LogP contribution in [0.4, 0.5) is 10.2 Å². The van der Waals surface area contributed by atoms with E-state index in [1.165, 1.54) is 18.3 Å². The summed E-state index contributed by atoms with van der Waals surface area (Å²) >= 11 is 6.13. The van der Waals surface area contributed by atoms with Crippen LogP contribution in [0.1, 0.15) is 16.1 Å². The van der Waals surface area contributed by atoms with Gasteiger partial charge in [-0.25, -0.2) is 13.8 Å². The fourth-order valence-electron chi connectivity index (χ4n) is 3.35. The van der Waals surface area contributed by atoms with E-state index in [-0.39, 0.29) is 11.7 Å². The average Bonchev–Trinajstić information content (AvgIpc) is 3.56. The van der Waals surface area contributed by atoms with E-state index in [1.54, 1.807) is 58.9 Å². The molecule has 5 aromatic rings. The summed E-state index contributed by atoms with van der Waals surface area (Å²) in [5, 5.41) is 26.0. The van der Waals surface area contributed by atoms with Gasteiger partial charge in [-0.2, -0.15) is 15.4 Å². The normalized spacial score (nSPS) is 11.0. The number of carbonyl (C=O) groups excluding carboxylic acids is 1. The van der Waals surface area contributed by atoms with Crippen LogP contribution in [0.2, 0.25) is 5.02 Å². The third-order valence-electron chi connectivity index (χ3n) is 4.95. The molecule has 12 heteroatoms. The molecular weight excluding hydrogens is 449 g/mol. The molecule has 0 bridgehead atoms. The van der Waals surface area contributed by atoms with E-state index in [0.717, 1.165) is 0 Å². The van der Waals surface area contributed by atoms with Crippen LogP contribution >= 0.6 is 11.6 Å². The molecule has 3 aromatic heterocycles. The number of aromatic nitrogens is 8. The maximum absolute atomic E-state index is 13.2. The van der Waals surface area contributed by atoms with Gasteiger partial charge in [0.25, 0.3) is 5.91 Å². The van der Waals surface area contributed by atoms with E-state index in [2.05, 4.69) is 36.1 Å². The molecule has 2 N–H and O–H groups in total. The lowest BCUT2D eigenvalue weighted by molar-refractivity contribution is 0.102. The van der Waals surface area contributed by atoms with Crippen molar-refractivity contribution in [1.82, 2.24) is 40.2 Å². The van der Waals surface area contributed by atoms with Gasteiger partial charge in [-0.15, -0.1) is 10.2 Å². The molecule has 3 heterocycles. The molecule has 2 aromatic carbocycles. The summed E-state index contributed by atoms with van der Waals surface area (Å²) in [5.41, 5.74) is 2.90. The smallest absolute Gasteiger partial charge is 0.260 e. The maximum Gasteiger partial charge on any atom is 0.260 e. The van der Waals surface area contributed by atoms with Crippen LogP contribution in [-0.4, -0.2) is 46.1 Å². The van der Waals surface area contributed by atoms with Crippen LogP contribution in [0.5, 0.6) is 0 Å². The van der Waals surface area contributed by atoms with Crippen molar-refractivity contribution in [2.24, 2.45) is 0 Å². The number of anilines is 1. The maximum atomic E-state index is 13.2. The highest BCUT2D eigenvalue weighted by atomic mass is 35.5. The third-order valence-corrected chi connectivity index (χ3v) is 5.18. The summed E-state index contributed by atoms with van der Waals surface area (Å²) < 4.78 is 16.4. The summed E-state index contributed by atoms with van der Waals surface area (Å²) in [7, 11) is 0. The highest BCUT2D eigenvalue weighted by Crippen LogP contribution is 2.27. The molecule has 0 aliphatic rings. The zero-order chi connectivity index (χ0) is 22.9. The minimum Gasteiger partial charge on any atom is -0.305 e. The number of rotatable bonds is 5. The summed E-state index contributed by atoms with van der Waals surface area (Å²) in [4.78, 5) is 12.9. The third kappa shape index (κ3) is 3.96. The quantitative estimate of drug-likeness (QED) is 0.411. The molecule has 1 amide bonds. The average molecular weight is 464 g/mol. The fourth-order valence-corrected chi connectivity index (χ4v) is 3.52. The number of H-pyrrole nitrogens is 1. The van der Waals surface area contributed by atoms with Gasteiger partial charge in [-0.05, 0) is 54.6 Å². The molecule has 0 aliphatic carbocycles. The van der Waals surface area contributed by atoms with Gasteiger partial charge in [0.05, 0.1) is 34.4 Å². The van der Waals surface area contributed by atoms with E-state index < -0.39 is 0 Å². The SMILES string of the molecule is Cc1c(C(=O)Nc2ccn(-c3ccc(Cl)cc3-c3nn[nH]n3)n2)cnn1-c1ccc(F)cc1. The number of nitrogens with zero attached hydrogens (tertiary/aromatic N) is 7. The predicted molar refractivity (Wildman–Crippen MR) is 118 cm³/mol. The Bertz CT molecular complexity index is 1440. The first-order valence-corrected chi connectivity index (χ1v) is 10.1. The summed E-state index contributed by atoms with van der Waals surface area (Å²) in [5.74, 6) is -0.0266. The Kier molecular flexibility index (Phi) is 5.15. The highest BCUT2D eigenvalue weighted by molar-refractivity contribution is 6.31. The van der Waals surface area contributed by atoms with E-state index >= 15 is 0 Å². The van der Waals surface area contributed by atoms with Crippen molar-refractivity contribution in [2.75, 3.05) is 5.32 Å². The fraction of sp³-hybridized carbons (Fsp3) is 0.0476. The molecule has 0 fully saturated rings. The number of halogens is 2. The van der Waals surface area contributed by atoms with Gasteiger partial charge in [0.1, 0.15) is 5.82 Å². The molecule has 0 saturated heterocycles. The zero-order valence-electron chi connectivity index (χ0n) is 17.1. The van der Waals surface area contributed by atoms with Gasteiger partial charge in [0.15, 0.2) is 5.82 Å². The lowest BCUT2D eigenvalue weighted by Gasteiger charge is -2.07. The van der Waals surface area contributed by atoms with Crippen molar-refractivity contribution >= 4 is 23.3 Å². The first kappa shape index (κ1) is 20.5. The van der Waals surface area contributed by atoms with Crippen LogP contribution in [-0.2, 0) is 0 Å². The Morgan fingerprint density at radius 3 is 2.73 bits per heavy atom. The van der Waals surface area contributed by atoms with Crippen molar-refractivity contribution < 1.29 is 9.18 Å². The van der Waals surface area contributed by atoms with E-state index in [9.17, 15) is 9.18 Å². The van der Waals surface area contributed by atoms with Crippen LogP contribution in [0, 0.1) is 12.7 Å². The Balaban J connectivity index is 1.40. The summed E-state index contributed by atoms with van der Waals surface area (Å²) in [6.45, 7) is 1.76. The van der Waals surface area contributed by atoms with Crippen LogP contribution < -0.4 is 5.32 Å². The lowest BCUT2D eigenvalue weighted by Crippen LogP contribution is -2.14. The molecule has 5 rings (SSSR count). The van der Waals surface area contributed by atoms with Crippen molar-refractivity contribution in [3.05, 3.63) is 83.0 Å². The standard InChI is InChI=1S/C21H15ClFN9O/c1-12-17(11-24-32(12)15-5-3-14(23)4-6-15)21(33)25-19-8-9-31(28-19)18-7-2-13(22)10-16(18)20-26-29-30-27-20/h2-11H,1H3,(H,25,28,33)(H,26,27,29,30). The van der Waals surface area contributed by atoms with Crippen molar-refractivity contribution in [2.45, 2.75) is 6.92 Å². The largest absolute Gasteiger partial charge is 0.305 e. The minimum atomic E-state index is -0.374. The van der Waals surface area contributed by atoms with Crippen LogP contribution in [0.15, 0.2) is 60.9 Å². The van der Waals surface area contributed by atoms with Gasteiger partial charge < -0.3 is 5.32 Å². The molecule has 0 aliphatic heterocycles. The molecule has 10 nitrogen and oxygen atoms in total. The predicted octanol–water partition coefficient (Wildman–Crippen LogP) is 3.59. The second-order valence-corrected chi connectivity index (χ2v) is 7.46. The Morgan fingerprint density at radius 2 is 1.97 bits per heavy atom. The molecular formula is C21H15ClFN9O. The molecule has 33 heavy (non-hydrogen) atoms. The monoisotopic (exact) mass is 463 g/mol. The van der Waals surface area contributed by atoms with Gasteiger partial charge >= 0.3 is 0 Å². The first-order chi connectivity index (χ1) is 16.0. The molecule has 0 unspecified atom stereocenters. The lowest BCUT2D eigenvalue weighted by atomic mass is 10.1. The number of hydrogen-bond acceptors (Lipinski definition) is 6. The molecule has 0 atom stereocenters. The summed E-state index contributed by atoms with van der Waals surface area (Å²) in [6.07, 6.45) is 3.15. The molecule has 164 valence electrons. The second-order valence-electron chi connectivity index (χ2n) is 7.03. The van der Waals surface area contributed by atoms with E-state index in [1.807, 2.05) is 0 Å². The molecule has 0 radical (unpaired) electrons. The van der Waals surface area contributed by atoms with Gasteiger partial charge in [0.2, 0.25) is 5.82 Å². The van der Waals surface area contributed by atoms with Crippen LogP contribution in [0.3, 0.4) is 0 Å². The molecule has 0 spiro atoms.